The third kappa shape index (κ3) is 2.95. The van der Waals surface area contributed by atoms with Gasteiger partial charge in [0, 0.05) is 11.8 Å². The van der Waals surface area contributed by atoms with Crippen LogP contribution in [0.15, 0.2) is 66.7 Å². The summed E-state index contributed by atoms with van der Waals surface area (Å²) in [7, 11) is 0. The second kappa shape index (κ2) is 6.71. The monoisotopic (exact) mass is 321 g/mol. The van der Waals surface area contributed by atoms with Crippen LogP contribution >= 0.6 is 0 Å². The summed E-state index contributed by atoms with van der Waals surface area (Å²) >= 11 is 0. The van der Waals surface area contributed by atoms with Gasteiger partial charge in [0.1, 0.15) is 0 Å². The van der Waals surface area contributed by atoms with Crippen molar-refractivity contribution < 1.29 is 14.3 Å². The number of carbonyl (C=O) groups is 2. The maximum atomic E-state index is 12.8. The number of hydrogen-bond donors (Lipinski definition) is 1. The summed E-state index contributed by atoms with van der Waals surface area (Å²) in [5.41, 5.74) is 1.77. The van der Waals surface area contributed by atoms with Crippen molar-refractivity contribution in [3.63, 3.8) is 0 Å². The fraction of sp³-hybridized carbons (Fsp3) is 0.200. The lowest BCUT2D eigenvalue weighted by Crippen LogP contribution is -2.35. The van der Waals surface area contributed by atoms with Crippen molar-refractivity contribution in [2.24, 2.45) is 0 Å². The number of para-hydroxylation sites is 1. The van der Waals surface area contributed by atoms with Gasteiger partial charge in [-0.15, -0.1) is 0 Å². The molecule has 0 bridgehead atoms. The van der Waals surface area contributed by atoms with Gasteiger partial charge in [0.05, 0.1) is 12.0 Å². The summed E-state index contributed by atoms with van der Waals surface area (Å²) in [6.45, 7) is 2.06. The number of carbonyl (C=O) groups excluding carboxylic acids is 2. The maximum absolute atomic E-state index is 12.8. The second-order valence-electron chi connectivity index (χ2n) is 5.72. The van der Waals surface area contributed by atoms with Gasteiger partial charge in [-0.2, -0.15) is 0 Å². The average Bonchev–Trinajstić information content (AvgIpc) is 2.87. The first-order chi connectivity index (χ1) is 11.7. The van der Waals surface area contributed by atoms with E-state index in [0.717, 1.165) is 16.8 Å². The third-order valence-electron chi connectivity index (χ3n) is 4.18. The minimum Gasteiger partial charge on any atom is -0.463 e. The molecule has 2 aromatic rings. The number of anilines is 1. The fourth-order valence-corrected chi connectivity index (χ4v) is 3.06. The van der Waals surface area contributed by atoms with Crippen molar-refractivity contribution in [3.05, 3.63) is 77.9 Å². The summed E-state index contributed by atoms with van der Waals surface area (Å²) in [4.78, 5) is 24.6. The zero-order valence-corrected chi connectivity index (χ0v) is 13.5. The second-order valence-corrected chi connectivity index (χ2v) is 5.72. The highest BCUT2D eigenvalue weighted by Gasteiger charge is 2.44. The number of hydrogen-bond acceptors (Lipinski definition) is 3. The summed E-state index contributed by atoms with van der Waals surface area (Å²) in [5, 5.41) is 2.92. The molecule has 122 valence electrons. The molecule has 24 heavy (non-hydrogen) atoms. The van der Waals surface area contributed by atoms with E-state index in [0.29, 0.717) is 13.0 Å². The van der Waals surface area contributed by atoms with Crippen LogP contribution in [-0.4, -0.2) is 18.5 Å². The summed E-state index contributed by atoms with van der Waals surface area (Å²) in [6, 6.07) is 17.4. The zero-order chi connectivity index (χ0) is 17.0. The van der Waals surface area contributed by atoms with E-state index in [1.807, 2.05) is 54.6 Å². The van der Waals surface area contributed by atoms with Gasteiger partial charge < -0.3 is 10.1 Å². The molecular weight excluding hydrogens is 302 g/mol. The van der Waals surface area contributed by atoms with Crippen molar-refractivity contribution in [3.8, 4) is 0 Å². The normalized spacial score (nSPS) is 19.1. The van der Waals surface area contributed by atoms with Gasteiger partial charge in [0.2, 0.25) is 5.91 Å². The molecule has 0 fully saturated rings. The van der Waals surface area contributed by atoms with Gasteiger partial charge >= 0.3 is 5.97 Å². The highest BCUT2D eigenvalue weighted by molar-refractivity contribution is 6.08. The van der Waals surface area contributed by atoms with E-state index >= 15 is 0 Å². The molecule has 4 heteroatoms. The molecule has 0 radical (unpaired) electrons. The Bertz CT molecular complexity index is 782. The van der Waals surface area contributed by atoms with Gasteiger partial charge in [0.15, 0.2) is 0 Å². The number of amides is 1. The van der Waals surface area contributed by atoms with Crippen LogP contribution in [0.2, 0.25) is 0 Å². The molecule has 1 aliphatic heterocycles. The highest BCUT2D eigenvalue weighted by atomic mass is 16.5. The van der Waals surface area contributed by atoms with E-state index in [4.69, 9.17) is 4.74 Å². The van der Waals surface area contributed by atoms with Gasteiger partial charge in [-0.05, 0) is 30.5 Å². The minimum absolute atomic E-state index is 0.131. The molecular formula is C20H19NO3. The SMILES string of the molecule is CCOC(=O)/C=C\[C@@]1(Cc2ccccc2)C(=O)Nc2ccccc21. The first kappa shape index (κ1) is 16.0. The molecule has 0 spiro atoms. The largest absolute Gasteiger partial charge is 0.463 e. The number of benzene rings is 2. The van der Waals surface area contributed by atoms with E-state index in [-0.39, 0.29) is 5.91 Å². The standard InChI is InChI=1S/C20H19NO3/c1-2-24-18(22)12-13-20(14-15-8-4-3-5-9-15)16-10-6-7-11-17(16)21-19(20)23/h3-13H,2,14H2,1H3,(H,21,23)/b13-12-/t20-/m0/s1. The predicted octanol–water partition coefficient (Wildman–Crippen LogP) is 3.24. The fourth-order valence-electron chi connectivity index (χ4n) is 3.06. The third-order valence-corrected chi connectivity index (χ3v) is 4.18. The predicted molar refractivity (Wildman–Crippen MR) is 92.7 cm³/mol. The van der Waals surface area contributed by atoms with E-state index < -0.39 is 11.4 Å². The Morgan fingerprint density at radius 2 is 1.83 bits per heavy atom. The summed E-state index contributed by atoms with van der Waals surface area (Å²) in [5.74, 6) is -0.574. The number of ether oxygens (including phenoxy) is 1. The smallest absolute Gasteiger partial charge is 0.330 e. The number of esters is 1. The van der Waals surface area contributed by atoms with Gasteiger partial charge in [-0.1, -0.05) is 54.6 Å². The number of rotatable bonds is 5. The number of fused-ring (bicyclic) bond motifs is 1. The Balaban J connectivity index is 2.04. The molecule has 1 amide bonds. The lowest BCUT2D eigenvalue weighted by Gasteiger charge is -2.24. The van der Waals surface area contributed by atoms with Crippen LogP contribution in [0.1, 0.15) is 18.1 Å². The van der Waals surface area contributed by atoms with Crippen molar-refractivity contribution in [2.75, 3.05) is 11.9 Å². The lowest BCUT2D eigenvalue weighted by molar-refractivity contribution is -0.137. The molecule has 1 heterocycles. The minimum atomic E-state index is -0.912. The quantitative estimate of drug-likeness (QED) is 0.679. The van der Waals surface area contributed by atoms with E-state index in [2.05, 4.69) is 5.32 Å². The topological polar surface area (TPSA) is 55.4 Å². The Labute approximate surface area is 141 Å². The van der Waals surface area contributed by atoms with Gasteiger partial charge in [-0.3, -0.25) is 4.79 Å². The van der Waals surface area contributed by atoms with Crippen molar-refractivity contribution in [1.82, 2.24) is 0 Å². The molecule has 1 N–H and O–H groups in total. The van der Waals surface area contributed by atoms with Crippen LogP contribution in [0.3, 0.4) is 0 Å². The van der Waals surface area contributed by atoms with Crippen molar-refractivity contribution in [1.29, 1.82) is 0 Å². The zero-order valence-electron chi connectivity index (χ0n) is 13.5. The first-order valence-corrected chi connectivity index (χ1v) is 7.96. The molecule has 0 saturated carbocycles. The van der Waals surface area contributed by atoms with E-state index in [9.17, 15) is 9.59 Å². The first-order valence-electron chi connectivity index (χ1n) is 7.96. The van der Waals surface area contributed by atoms with Crippen LogP contribution in [0.25, 0.3) is 0 Å². The van der Waals surface area contributed by atoms with Gasteiger partial charge in [-0.25, -0.2) is 4.79 Å². The Morgan fingerprint density at radius 3 is 2.58 bits per heavy atom. The van der Waals surface area contributed by atoms with Crippen molar-refractivity contribution in [2.45, 2.75) is 18.8 Å². The molecule has 1 aliphatic rings. The molecule has 1 atom stereocenters. The summed E-state index contributed by atoms with van der Waals surface area (Å²) in [6.07, 6.45) is 3.50. The van der Waals surface area contributed by atoms with Crippen LogP contribution < -0.4 is 5.32 Å². The Kier molecular flexibility index (Phi) is 4.47. The highest BCUT2D eigenvalue weighted by Crippen LogP contribution is 2.41. The molecule has 2 aromatic carbocycles. The Morgan fingerprint density at radius 1 is 1.12 bits per heavy atom. The number of nitrogens with one attached hydrogen (secondary N) is 1. The van der Waals surface area contributed by atoms with Crippen LogP contribution in [0.4, 0.5) is 5.69 Å². The van der Waals surface area contributed by atoms with Crippen LogP contribution in [0, 0.1) is 0 Å². The van der Waals surface area contributed by atoms with Crippen molar-refractivity contribution >= 4 is 17.6 Å². The summed E-state index contributed by atoms with van der Waals surface area (Å²) < 4.78 is 4.96. The van der Waals surface area contributed by atoms with Crippen LogP contribution in [-0.2, 0) is 26.2 Å². The van der Waals surface area contributed by atoms with Gasteiger partial charge in [0.25, 0.3) is 0 Å². The lowest BCUT2D eigenvalue weighted by atomic mass is 9.76. The maximum Gasteiger partial charge on any atom is 0.330 e. The average molecular weight is 321 g/mol. The van der Waals surface area contributed by atoms with E-state index in [1.54, 1.807) is 13.0 Å². The molecule has 0 unspecified atom stereocenters. The molecule has 4 nitrogen and oxygen atoms in total. The molecule has 0 aromatic heterocycles. The molecule has 0 aliphatic carbocycles. The van der Waals surface area contributed by atoms with Crippen LogP contribution in [0.5, 0.6) is 0 Å². The molecule has 0 saturated heterocycles. The van der Waals surface area contributed by atoms with E-state index in [1.165, 1.54) is 6.08 Å². The Hall–Kier alpha value is -2.88. The molecule has 3 rings (SSSR count).